The van der Waals surface area contributed by atoms with Crippen LogP contribution in [-0.2, 0) is 10.0 Å². The molecule has 1 aromatic heterocycles. The molecule has 114 valence electrons. The van der Waals surface area contributed by atoms with Crippen LogP contribution in [0.15, 0.2) is 24.4 Å². The molecule has 0 amide bonds. The van der Waals surface area contributed by atoms with Crippen molar-refractivity contribution in [2.45, 2.75) is 12.8 Å². The van der Waals surface area contributed by atoms with E-state index in [0.717, 1.165) is 36.0 Å². The zero-order chi connectivity index (χ0) is 14.9. The van der Waals surface area contributed by atoms with Crippen molar-refractivity contribution < 1.29 is 8.42 Å². The van der Waals surface area contributed by atoms with E-state index in [1.165, 1.54) is 6.26 Å². The second-order valence-corrected chi connectivity index (χ2v) is 7.64. The molecule has 1 aliphatic rings. The Balaban J connectivity index is 1.54. The topological polar surface area (TPSA) is 78.1 Å². The van der Waals surface area contributed by atoms with E-state index in [0.29, 0.717) is 19.0 Å². The van der Waals surface area contributed by atoms with Crippen LogP contribution in [0.3, 0.4) is 0 Å². The largest absolute Gasteiger partial charge is 0.385 e. The number of hydrogen-bond acceptors (Lipinski definition) is 4. The molecular formula is C14H20N4O2S. The Morgan fingerprint density at radius 1 is 1.38 bits per heavy atom. The number of nitrogens with zero attached hydrogens (tertiary/aromatic N) is 2. The fourth-order valence-electron chi connectivity index (χ4n) is 2.76. The highest BCUT2D eigenvalue weighted by molar-refractivity contribution is 7.88. The standard InChI is InChI=1S/C14H20N4O2S/c1-21(19,20)18-6-4-11(5-7-18)9-15-13-2-3-14-12(8-13)10-16-17-14/h2-3,8,10-11,15H,4-7,9H2,1H3,(H,16,17). The second kappa shape index (κ2) is 5.65. The van der Waals surface area contributed by atoms with Crippen LogP contribution in [0.4, 0.5) is 5.69 Å². The Bertz CT molecular complexity index is 717. The Kier molecular flexibility index (Phi) is 3.86. The van der Waals surface area contributed by atoms with Gasteiger partial charge in [0.2, 0.25) is 10.0 Å². The van der Waals surface area contributed by atoms with Crippen LogP contribution in [0.5, 0.6) is 0 Å². The van der Waals surface area contributed by atoms with E-state index < -0.39 is 10.0 Å². The molecule has 2 N–H and O–H groups in total. The molecule has 3 rings (SSSR count). The summed E-state index contributed by atoms with van der Waals surface area (Å²) in [6, 6.07) is 6.12. The van der Waals surface area contributed by atoms with Gasteiger partial charge in [-0.2, -0.15) is 5.10 Å². The average molecular weight is 308 g/mol. The Morgan fingerprint density at radius 3 is 2.86 bits per heavy atom. The van der Waals surface area contributed by atoms with E-state index in [9.17, 15) is 8.42 Å². The van der Waals surface area contributed by atoms with Gasteiger partial charge >= 0.3 is 0 Å². The SMILES string of the molecule is CS(=O)(=O)N1CCC(CNc2ccc3[nH]ncc3c2)CC1. The summed E-state index contributed by atoms with van der Waals surface area (Å²) in [5.74, 6) is 0.517. The van der Waals surface area contributed by atoms with Crippen LogP contribution in [0.1, 0.15) is 12.8 Å². The van der Waals surface area contributed by atoms with Crippen molar-refractivity contribution in [1.29, 1.82) is 0 Å². The first-order chi connectivity index (χ1) is 10.0. The summed E-state index contributed by atoms with van der Waals surface area (Å²) in [4.78, 5) is 0. The van der Waals surface area contributed by atoms with E-state index >= 15 is 0 Å². The van der Waals surface area contributed by atoms with Crippen molar-refractivity contribution in [1.82, 2.24) is 14.5 Å². The molecule has 0 spiro atoms. The molecule has 2 aromatic rings. The first-order valence-electron chi connectivity index (χ1n) is 7.14. The Hall–Kier alpha value is -1.60. The van der Waals surface area contributed by atoms with Gasteiger partial charge in [-0.3, -0.25) is 5.10 Å². The number of piperidine rings is 1. The number of aromatic amines is 1. The van der Waals surface area contributed by atoms with E-state index in [2.05, 4.69) is 21.6 Å². The maximum absolute atomic E-state index is 11.5. The third-order valence-corrected chi connectivity index (χ3v) is 5.38. The van der Waals surface area contributed by atoms with Gasteiger partial charge in [0.15, 0.2) is 0 Å². The highest BCUT2D eigenvalue weighted by atomic mass is 32.2. The summed E-state index contributed by atoms with van der Waals surface area (Å²) >= 11 is 0. The van der Waals surface area contributed by atoms with Crippen molar-refractivity contribution >= 4 is 26.6 Å². The van der Waals surface area contributed by atoms with Crippen LogP contribution in [0.2, 0.25) is 0 Å². The van der Waals surface area contributed by atoms with Gasteiger partial charge in [0.1, 0.15) is 0 Å². The molecule has 1 aromatic carbocycles. The summed E-state index contributed by atoms with van der Waals surface area (Å²) in [7, 11) is -3.03. The summed E-state index contributed by atoms with van der Waals surface area (Å²) in [6.07, 6.45) is 4.92. The lowest BCUT2D eigenvalue weighted by Crippen LogP contribution is -2.39. The van der Waals surface area contributed by atoms with E-state index in [-0.39, 0.29) is 0 Å². The quantitative estimate of drug-likeness (QED) is 0.900. The monoisotopic (exact) mass is 308 g/mol. The molecule has 2 heterocycles. The van der Waals surface area contributed by atoms with Crippen LogP contribution in [0.25, 0.3) is 10.9 Å². The van der Waals surface area contributed by atoms with Gasteiger partial charge in [0, 0.05) is 30.7 Å². The molecule has 0 unspecified atom stereocenters. The number of hydrogen-bond donors (Lipinski definition) is 2. The fourth-order valence-corrected chi connectivity index (χ4v) is 3.63. The lowest BCUT2D eigenvalue weighted by Gasteiger charge is -2.30. The highest BCUT2D eigenvalue weighted by Gasteiger charge is 2.24. The maximum Gasteiger partial charge on any atom is 0.211 e. The van der Waals surface area contributed by atoms with Gasteiger partial charge in [-0.05, 0) is 37.0 Å². The fraction of sp³-hybridized carbons (Fsp3) is 0.500. The summed E-state index contributed by atoms with van der Waals surface area (Å²) in [5, 5.41) is 11.5. The molecule has 0 atom stereocenters. The molecule has 0 aliphatic carbocycles. The molecule has 0 bridgehead atoms. The number of aromatic nitrogens is 2. The Labute approximate surface area is 124 Å². The molecule has 1 saturated heterocycles. The minimum atomic E-state index is -3.03. The lowest BCUT2D eigenvalue weighted by molar-refractivity contribution is 0.283. The minimum Gasteiger partial charge on any atom is -0.385 e. The van der Waals surface area contributed by atoms with Crippen LogP contribution in [0, 0.1) is 5.92 Å². The first kappa shape index (κ1) is 14.3. The van der Waals surface area contributed by atoms with Gasteiger partial charge in [0.05, 0.1) is 18.0 Å². The van der Waals surface area contributed by atoms with Gasteiger partial charge in [-0.1, -0.05) is 0 Å². The maximum atomic E-state index is 11.5. The minimum absolute atomic E-state index is 0.517. The third kappa shape index (κ3) is 3.36. The summed E-state index contributed by atoms with van der Waals surface area (Å²) in [5.41, 5.74) is 2.11. The van der Waals surface area contributed by atoms with Crippen molar-refractivity contribution in [2.75, 3.05) is 31.2 Å². The molecule has 0 saturated carbocycles. The third-order valence-electron chi connectivity index (χ3n) is 4.08. The summed E-state index contributed by atoms with van der Waals surface area (Å²) in [6.45, 7) is 2.14. The highest BCUT2D eigenvalue weighted by Crippen LogP contribution is 2.21. The van der Waals surface area contributed by atoms with Crippen molar-refractivity contribution in [3.8, 4) is 0 Å². The molecule has 7 heteroatoms. The van der Waals surface area contributed by atoms with Crippen LogP contribution in [-0.4, -0.2) is 48.8 Å². The predicted octanol–water partition coefficient (Wildman–Crippen LogP) is 1.65. The number of nitrogens with one attached hydrogen (secondary N) is 2. The van der Waals surface area contributed by atoms with Crippen molar-refractivity contribution in [3.05, 3.63) is 24.4 Å². The van der Waals surface area contributed by atoms with Gasteiger partial charge in [-0.15, -0.1) is 0 Å². The van der Waals surface area contributed by atoms with E-state index in [1.54, 1.807) is 4.31 Å². The second-order valence-electron chi connectivity index (χ2n) is 5.66. The Morgan fingerprint density at radius 2 is 2.14 bits per heavy atom. The smallest absolute Gasteiger partial charge is 0.211 e. The summed E-state index contributed by atoms with van der Waals surface area (Å²) < 4.78 is 24.5. The van der Waals surface area contributed by atoms with Gasteiger partial charge in [0.25, 0.3) is 0 Å². The van der Waals surface area contributed by atoms with Gasteiger partial charge in [-0.25, -0.2) is 12.7 Å². The zero-order valence-electron chi connectivity index (χ0n) is 12.0. The molecular weight excluding hydrogens is 288 g/mol. The number of rotatable bonds is 4. The molecule has 1 fully saturated rings. The molecule has 1 aliphatic heterocycles. The number of anilines is 1. The first-order valence-corrected chi connectivity index (χ1v) is 8.99. The van der Waals surface area contributed by atoms with Crippen LogP contribution >= 0.6 is 0 Å². The van der Waals surface area contributed by atoms with Crippen LogP contribution < -0.4 is 5.32 Å². The van der Waals surface area contributed by atoms with Gasteiger partial charge < -0.3 is 5.32 Å². The molecule has 21 heavy (non-hydrogen) atoms. The lowest BCUT2D eigenvalue weighted by atomic mass is 9.98. The number of benzene rings is 1. The normalized spacial score (nSPS) is 18.1. The predicted molar refractivity (Wildman–Crippen MR) is 83.7 cm³/mol. The average Bonchev–Trinajstić information content (AvgIpc) is 2.92. The zero-order valence-corrected chi connectivity index (χ0v) is 12.9. The number of sulfonamides is 1. The number of fused-ring (bicyclic) bond motifs is 1. The van der Waals surface area contributed by atoms with E-state index in [1.807, 2.05) is 18.3 Å². The molecule has 6 nitrogen and oxygen atoms in total. The number of H-pyrrole nitrogens is 1. The van der Waals surface area contributed by atoms with E-state index in [4.69, 9.17) is 0 Å². The van der Waals surface area contributed by atoms with Crippen molar-refractivity contribution in [2.24, 2.45) is 5.92 Å². The molecule has 0 radical (unpaired) electrons. The van der Waals surface area contributed by atoms with Crippen molar-refractivity contribution in [3.63, 3.8) is 0 Å².